The summed E-state index contributed by atoms with van der Waals surface area (Å²) >= 11 is 2.34. The topological polar surface area (TPSA) is 26.3 Å². The second-order valence-corrected chi connectivity index (χ2v) is 4.57. The molecule has 1 aromatic rings. The van der Waals surface area contributed by atoms with Crippen molar-refractivity contribution in [3.8, 4) is 0 Å². The predicted molar refractivity (Wildman–Crippen MR) is 73.3 cm³/mol. The quantitative estimate of drug-likeness (QED) is 0.470. The van der Waals surface area contributed by atoms with Crippen molar-refractivity contribution in [2.75, 3.05) is 6.61 Å². The molecule has 1 aromatic carbocycles. The van der Waals surface area contributed by atoms with Gasteiger partial charge in [-0.05, 0) is 47.1 Å². The van der Waals surface area contributed by atoms with Crippen molar-refractivity contribution in [3.63, 3.8) is 0 Å². The van der Waals surface area contributed by atoms with Crippen LogP contribution in [0.3, 0.4) is 0 Å². The predicted octanol–water partition coefficient (Wildman–Crippen LogP) is 3.34. The molecule has 0 bridgehead atoms. The van der Waals surface area contributed by atoms with Crippen LogP contribution >= 0.6 is 22.6 Å². The Kier molecular flexibility index (Phi) is 6.15. The number of halogens is 1. The molecule has 3 heteroatoms. The Balaban J connectivity index is 2.25. The SMILES string of the molecule is CC(=O)OC/C=C\CCc1ccccc1I. The lowest BCUT2D eigenvalue weighted by Crippen LogP contribution is -1.97. The third kappa shape index (κ3) is 5.30. The second-order valence-electron chi connectivity index (χ2n) is 3.40. The summed E-state index contributed by atoms with van der Waals surface area (Å²) in [7, 11) is 0. The van der Waals surface area contributed by atoms with Crippen LogP contribution in [0.4, 0.5) is 0 Å². The molecule has 0 N–H and O–H groups in total. The van der Waals surface area contributed by atoms with Gasteiger partial charge in [-0.1, -0.05) is 30.4 Å². The van der Waals surface area contributed by atoms with Crippen molar-refractivity contribution in [2.45, 2.75) is 19.8 Å². The van der Waals surface area contributed by atoms with Gasteiger partial charge < -0.3 is 4.74 Å². The molecule has 0 aliphatic carbocycles. The van der Waals surface area contributed by atoms with E-state index in [0.29, 0.717) is 6.61 Å². The number of carbonyl (C=O) groups is 1. The number of hydrogen-bond acceptors (Lipinski definition) is 2. The molecule has 0 heterocycles. The molecular formula is C13H15IO2. The molecule has 0 aliphatic rings. The lowest BCUT2D eigenvalue weighted by atomic mass is 10.1. The van der Waals surface area contributed by atoms with Crippen molar-refractivity contribution in [2.24, 2.45) is 0 Å². The fourth-order valence-corrected chi connectivity index (χ4v) is 1.95. The highest BCUT2D eigenvalue weighted by Gasteiger charge is 1.95. The summed E-state index contributed by atoms with van der Waals surface area (Å²) in [6.45, 7) is 1.79. The third-order valence-corrected chi connectivity index (χ3v) is 3.14. The minimum Gasteiger partial charge on any atom is -0.462 e. The van der Waals surface area contributed by atoms with Crippen LogP contribution in [0.1, 0.15) is 18.9 Å². The fourth-order valence-electron chi connectivity index (χ4n) is 1.29. The molecule has 0 aliphatic heterocycles. The van der Waals surface area contributed by atoms with E-state index in [2.05, 4.69) is 40.8 Å². The smallest absolute Gasteiger partial charge is 0.302 e. The van der Waals surface area contributed by atoms with E-state index in [-0.39, 0.29) is 5.97 Å². The van der Waals surface area contributed by atoms with Crippen LogP contribution in [0.15, 0.2) is 36.4 Å². The molecule has 0 radical (unpaired) electrons. The van der Waals surface area contributed by atoms with E-state index >= 15 is 0 Å². The van der Waals surface area contributed by atoms with Gasteiger partial charge in [0.1, 0.15) is 6.61 Å². The number of hydrogen-bond donors (Lipinski definition) is 0. The van der Waals surface area contributed by atoms with E-state index in [4.69, 9.17) is 4.74 Å². The van der Waals surface area contributed by atoms with Crippen LogP contribution in [0.2, 0.25) is 0 Å². The zero-order valence-electron chi connectivity index (χ0n) is 9.28. The van der Waals surface area contributed by atoms with Crippen LogP contribution in [-0.4, -0.2) is 12.6 Å². The van der Waals surface area contributed by atoms with E-state index < -0.39 is 0 Å². The molecule has 0 aromatic heterocycles. The lowest BCUT2D eigenvalue weighted by molar-refractivity contribution is -0.139. The molecule has 2 nitrogen and oxygen atoms in total. The summed E-state index contributed by atoms with van der Waals surface area (Å²) in [6.07, 6.45) is 5.93. The standard InChI is InChI=1S/C13H15IO2/c1-11(15)16-10-6-2-3-7-12-8-4-5-9-13(12)14/h2,4-6,8-9H,3,7,10H2,1H3/b6-2-. The van der Waals surface area contributed by atoms with Gasteiger partial charge in [-0.3, -0.25) is 4.79 Å². The highest BCUT2D eigenvalue weighted by molar-refractivity contribution is 14.1. The number of carbonyl (C=O) groups excluding carboxylic acids is 1. The van der Waals surface area contributed by atoms with Gasteiger partial charge in [-0.25, -0.2) is 0 Å². The van der Waals surface area contributed by atoms with E-state index in [9.17, 15) is 4.79 Å². The molecule has 0 saturated heterocycles. The maximum atomic E-state index is 10.5. The van der Waals surface area contributed by atoms with E-state index in [1.165, 1.54) is 16.1 Å². The molecule has 0 amide bonds. The van der Waals surface area contributed by atoms with Gasteiger partial charge in [0.05, 0.1) is 0 Å². The van der Waals surface area contributed by atoms with Crippen molar-refractivity contribution in [3.05, 3.63) is 45.6 Å². The van der Waals surface area contributed by atoms with Gasteiger partial charge in [0, 0.05) is 10.5 Å². The Bertz CT molecular complexity index is 372. The van der Waals surface area contributed by atoms with Crippen LogP contribution in [0, 0.1) is 3.57 Å². The summed E-state index contributed by atoms with van der Waals surface area (Å²) in [5.41, 5.74) is 1.36. The molecule has 0 spiro atoms. The average molecular weight is 330 g/mol. The van der Waals surface area contributed by atoms with E-state index in [1.54, 1.807) is 0 Å². The van der Waals surface area contributed by atoms with Gasteiger partial charge in [-0.2, -0.15) is 0 Å². The minimum absolute atomic E-state index is 0.234. The van der Waals surface area contributed by atoms with Crippen molar-refractivity contribution in [1.29, 1.82) is 0 Å². The van der Waals surface area contributed by atoms with Gasteiger partial charge in [0.15, 0.2) is 0 Å². The molecule has 0 unspecified atom stereocenters. The Hall–Kier alpha value is -0.840. The number of benzene rings is 1. The van der Waals surface area contributed by atoms with E-state index in [0.717, 1.165) is 12.8 Å². The molecule has 0 fully saturated rings. The van der Waals surface area contributed by atoms with Crippen LogP contribution < -0.4 is 0 Å². The molecular weight excluding hydrogens is 315 g/mol. The Morgan fingerprint density at radius 1 is 1.38 bits per heavy atom. The zero-order chi connectivity index (χ0) is 11.8. The zero-order valence-corrected chi connectivity index (χ0v) is 11.4. The van der Waals surface area contributed by atoms with Crippen molar-refractivity contribution >= 4 is 28.6 Å². The summed E-state index contributed by atoms with van der Waals surface area (Å²) in [5, 5.41) is 0. The monoisotopic (exact) mass is 330 g/mol. The molecule has 1 rings (SSSR count). The summed E-state index contributed by atoms with van der Waals surface area (Å²) < 4.78 is 6.09. The largest absolute Gasteiger partial charge is 0.462 e. The summed E-state index contributed by atoms with van der Waals surface area (Å²) in [6, 6.07) is 8.35. The molecule has 86 valence electrons. The van der Waals surface area contributed by atoms with Gasteiger partial charge in [0.2, 0.25) is 0 Å². The normalized spacial score (nSPS) is 10.6. The highest BCUT2D eigenvalue weighted by atomic mass is 127. The Morgan fingerprint density at radius 2 is 2.12 bits per heavy atom. The number of aryl methyl sites for hydroxylation is 1. The first-order chi connectivity index (χ1) is 7.70. The van der Waals surface area contributed by atoms with Gasteiger partial charge in [0.25, 0.3) is 0 Å². The number of rotatable bonds is 5. The Morgan fingerprint density at radius 3 is 2.81 bits per heavy atom. The van der Waals surface area contributed by atoms with Crippen LogP contribution in [0.25, 0.3) is 0 Å². The molecule has 0 saturated carbocycles. The highest BCUT2D eigenvalue weighted by Crippen LogP contribution is 2.13. The average Bonchev–Trinajstić information content (AvgIpc) is 2.25. The minimum atomic E-state index is -0.234. The summed E-state index contributed by atoms with van der Waals surface area (Å²) in [5.74, 6) is -0.234. The van der Waals surface area contributed by atoms with E-state index in [1.807, 2.05) is 18.2 Å². The van der Waals surface area contributed by atoms with Crippen LogP contribution in [-0.2, 0) is 16.0 Å². The maximum Gasteiger partial charge on any atom is 0.302 e. The first-order valence-electron chi connectivity index (χ1n) is 5.22. The van der Waals surface area contributed by atoms with Crippen LogP contribution in [0.5, 0.6) is 0 Å². The number of esters is 1. The fraction of sp³-hybridized carbons (Fsp3) is 0.308. The third-order valence-electron chi connectivity index (χ3n) is 2.09. The number of allylic oxidation sites excluding steroid dienone is 1. The van der Waals surface area contributed by atoms with Crippen molar-refractivity contribution < 1.29 is 9.53 Å². The first kappa shape index (κ1) is 13.2. The van der Waals surface area contributed by atoms with Crippen molar-refractivity contribution in [1.82, 2.24) is 0 Å². The molecule has 16 heavy (non-hydrogen) atoms. The Labute approximate surface area is 110 Å². The number of ether oxygens (including phenoxy) is 1. The van der Waals surface area contributed by atoms with Gasteiger partial charge in [-0.15, -0.1) is 0 Å². The maximum absolute atomic E-state index is 10.5. The van der Waals surface area contributed by atoms with Gasteiger partial charge >= 0.3 is 5.97 Å². The summed E-state index contributed by atoms with van der Waals surface area (Å²) in [4.78, 5) is 10.5. The first-order valence-corrected chi connectivity index (χ1v) is 6.30. The molecule has 0 atom stereocenters. The lowest BCUT2D eigenvalue weighted by Gasteiger charge is -2.01. The second kappa shape index (κ2) is 7.44.